The number of hydrogen-bond acceptors (Lipinski definition) is 7. The zero-order chi connectivity index (χ0) is 39.2. The van der Waals surface area contributed by atoms with Crippen molar-refractivity contribution in [2.45, 2.75) is 76.0 Å². The molecule has 1 aliphatic rings. The molecule has 0 heterocycles. The summed E-state index contributed by atoms with van der Waals surface area (Å²) in [5.74, 6) is -1.02. The molecule has 0 unspecified atom stereocenters. The number of rotatable bonds is 18. The van der Waals surface area contributed by atoms with Crippen LogP contribution in [0.3, 0.4) is 0 Å². The number of unbranched alkanes of at least 4 members (excludes halogenated alkanes) is 1. The van der Waals surface area contributed by atoms with Crippen LogP contribution in [0.1, 0.15) is 47.4 Å². The van der Waals surface area contributed by atoms with Crippen LogP contribution >= 0.6 is 0 Å². The van der Waals surface area contributed by atoms with Gasteiger partial charge in [-0.05, 0) is 70.8 Å². The van der Waals surface area contributed by atoms with Crippen LogP contribution in [0.25, 0.3) is 11.1 Å². The molecule has 5 rings (SSSR count). The molecule has 4 aromatic carbocycles. The van der Waals surface area contributed by atoms with E-state index in [1.807, 2.05) is 54.6 Å². The summed E-state index contributed by atoms with van der Waals surface area (Å²) >= 11 is 0. The number of hydrogen-bond donors (Lipinski definition) is 5. The molecule has 11 nitrogen and oxygen atoms in total. The van der Waals surface area contributed by atoms with Gasteiger partial charge >= 0.3 is 12.2 Å². The molecule has 0 aromatic heterocycles. The quantitative estimate of drug-likeness (QED) is 0.0541. The summed E-state index contributed by atoms with van der Waals surface area (Å²) in [5.41, 5.74) is 6.59. The van der Waals surface area contributed by atoms with Crippen molar-refractivity contribution in [3.05, 3.63) is 125 Å². The molecule has 4 amide bonds. The maximum absolute atomic E-state index is 13.8. The lowest BCUT2D eigenvalue weighted by molar-refractivity contribution is -0.128. The van der Waals surface area contributed by atoms with Gasteiger partial charge in [-0.25, -0.2) is 9.59 Å². The highest BCUT2D eigenvalue weighted by atomic mass is 28.3. The van der Waals surface area contributed by atoms with E-state index in [1.54, 1.807) is 24.3 Å². The molecule has 290 valence electrons. The van der Waals surface area contributed by atoms with Crippen molar-refractivity contribution in [3.8, 4) is 11.1 Å². The molecule has 0 aliphatic heterocycles. The maximum Gasteiger partial charge on any atom is 0.407 e. The Morgan fingerprint density at radius 3 is 1.96 bits per heavy atom. The Hall–Kier alpha value is -5.46. The minimum Gasteiger partial charge on any atom is -0.450 e. The van der Waals surface area contributed by atoms with E-state index in [4.69, 9.17) is 9.47 Å². The molecule has 12 heteroatoms. The van der Waals surface area contributed by atoms with Gasteiger partial charge in [0.15, 0.2) is 0 Å². The second kappa shape index (κ2) is 19.7. The summed E-state index contributed by atoms with van der Waals surface area (Å²) < 4.78 is 11.1. The number of aliphatic hydroxyl groups excluding tert-OH is 1. The Labute approximate surface area is 324 Å². The van der Waals surface area contributed by atoms with Crippen molar-refractivity contribution < 1.29 is 33.8 Å². The Morgan fingerprint density at radius 2 is 1.33 bits per heavy atom. The molecule has 4 aromatic rings. The summed E-state index contributed by atoms with van der Waals surface area (Å²) in [6, 6.07) is 31.2. The number of ether oxygens (including phenoxy) is 2. The number of nitrogens with one attached hydrogen (secondary N) is 4. The molecule has 0 radical (unpaired) electrons. The molecule has 0 saturated carbocycles. The molecule has 0 fully saturated rings. The van der Waals surface area contributed by atoms with Crippen LogP contribution in [0, 0.1) is 0 Å². The first-order valence-corrected chi connectivity index (χ1v) is 22.6. The zero-order valence-electron chi connectivity index (χ0n) is 31.8. The summed E-state index contributed by atoms with van der Waals surface area (Å²) in [4.78, 5) is 53.0. The highest BCUT2D eigenvalue weighted by Crippen LogP contribution is 2.44. The Kier molecular flexibility index (Phi) is 14.6. The fraction of sp³-hybridized carbons (Fsp3) is 0.349. The van der Waals surface area contributed by atoms with Crippen LogP contribution in [-0.2, 0) is 32.1 Å². The first-order valence-electron chi connectivity index (χ1n) is 18.9. The van der Waals surface area contributed by atoms with E-state index in [0.29, 0.717) is 30.6 Å². The van der Waals surface area contributed by atoms with Gasteiger partial charge in [0, 0.05) is 32.6 Å². The topological polar surface area (TPSA) is 155 Å². The van der Waals surface area contributed by atoms with E-state index >= 15 is 0 Å². The van der Waals surface area contributed by atoms with E-state index in [9.17, 15) is 24.3 Å². The number of aliphatic hydroxyl groups is 1. The van der Waals surface area contributed by atoms with Gasteiger partial charge in [-0.1, -0.05) is 111 Å². The van der Waals surface area contributed by atoms with Gasteiger partial charge in [0.1, 0.15) is 18.7 Å². The number of amides is 4. The molecule has 0 saturated heterocycles. The van der Waals surface area contributed by atoms with Gasteiger partial charge < -0.3 is 35.8 Å². The number of alkyl carbamates (subject to hydrolysis) is 2. The lowest BCUT2D eigenvalue weighted by atomic mass is 9.98. The average Bonchev–Trinajstić information content (AvgIpc) is 3.49. The summed E-state index contributed by atoms with van der Waals surface area (Å²) in [7, 11) is -1.45. The van der Waals surface area contributed by atoms with Gasteiger partial charge in [-0.3, -0.25) is 9.59 Å². The zero-order valence-corrected chi connectivity index (χ0v) is 32.8. The minimum absolute atomic E-state index is 0.0481. The van der Waals surface area contributed by atoms with E-state index in [-0.39, 0.29) is 38.6 Å². The van der Waals surface area contributed by atoms with Gasteiger partial charge in [0.25, 0.3) is 0 Å². The Bertz CT molecular complexity index is 1850. The van der Waals surface area contributed by atoms with E-state index in [2.05, 4.69) is 65.2 Å². The maximum atomic E-state index is 13.8. The van der Waals surface area contributed by atoms with Crippen molar-refractivity contribution in [2.75, 3.05) is 25.1 Å². The van der Waals surface area contributed by atoms with Crippen LogP contribution in [0.15, 0.2) is 103 Å². The van der Waals surface area contributed by atoms with E-state index < -0.39 is 44.2 Å². The first-order chi connectivity index (χ1) is 26.5. The number of anilines is 1. The fourth-order valence-electron chi connectivity index (χ4n) is 6.47. The standard InChI is InChI=1S/C43H52N4O7Si/c1-55(2,3)26-25-53-43(52)47-39(27-30-13-5-4-6-14-30)41(50)46-38(40(49)45-32-22-20-31(28-48)21-23-32)19-11-12-24-44-42(51)54-29-37-35-17-9-7-15-33(35)34-16-8-10-18-36(34)37/h4-10,13-18,20-23,37-39,48H,11-12,19,24-29H2,1-3H3,(H,44,51)(H,45,49)(H,46,50)(H,47,52)/t38-,39-/m0/s1. The Balaban J connectivity index is 1.18. The van der Waals surface area contributed by atoms with E-state index in [0.717, 1.165) is 33.9 Å². The number of benzene rings is 4. The lowest BCUT2D eigenvalue weighted by Crippen LogP contribution is -2.53. The van der Waals surface area contributed by atoms with Crippen LogP contribution in [0.4, 0.5) is 15.3 Å². The van der Waals surface area contributed by atoms with Crippen molar-refractivity contribution in [2.24, 2.45) is 0 Å². The average molecular weight is 765 g/mol. The molecular weight excluding hydrogens is 713 g/mol. The fourth-order valence-corrected chi connectivity index (χ4v) is 7.18. The van der Waals surface area contributed by atoms with Gasteiger partial charge in [-0.2, -0.15) is 0 Å². The third kappa shape index (κ3) is 12.3. The predicted octanol–water partition coefficient (Wildman–Crippen LogP) is 6.99. The first kappa shape index (κ1) is 40.7. The molecule has 5 N–H and O–H groups in total. The highest BCUT2D eigenvalue weighted by Gasteiger charge is 2.30. The Morgan fingerprint density at radius 1 is 0.691 bits per heavy atom. The molecule has 55 heavy (non-hydrogen) atoms. The third-order valence-electron chi connectivity index (χ3n) is 9.55. The summed E-state index contributed by atoms with van der Waals surface area (Å²) in [6.45, 7) is 7.19. The van der Waals surface area contributed by atoms with E-state index in [1.165, 1.54) is 0 Å². The molecule has 2 atom stereocenters. The number of carbonyl (C=O) groups is 4. The normalized spacial score (nSPS) is 13.1. The largest absolute Gasteiger partial charge is 0.450 e. The van der Waals surface area contributed by atoms with Crippen molar-refractivity contribution in [1.29, 1.82) is 0 Å². The summed E-state index contributed by atoms with van der Waals surface area (Å²) in [5, 5.41) is 20.7. The van der Waals surface area contributed by atoms with Gasteiger partial charge in [-0.15, -0.1) is 0 Å². The minimum atomic E-state index is -1.45. The molecule has 0 bridgehead atoms. The number of fused-ring (bicyclic) bond motifs is 3. The van der Waals surface area contributed by atoms with Crippen LogP contribution in [0.5, 0.6) is 0 Å². The van der Waals surface area contributed by atoms with Crippen molar-refractivity contribution in [1.82, 2.24) is 16.0 Å². The predicted molar refractivity (Wildman–Crippen MR) is 216 cm³/mol. The second-order valence-corrected chi connectivity index (χ2v) is 20.6. The smallest absolute Gasteiger partial charge is 0.407 e. The molecular formula is C43H52N4O7Si. The van der Waals surface area contributed by atoms with Crippen LogP contribution in [-0.4, -0.2) is 69.0 Å². The van der Waals surface area contributed by atoms with Crippen molar-refractivity contribution >= 4 is 37.8 Å². The van der Waals surface area contributed by atoms with Crippen LogP contribution < -0.4 is 21.3 Å². The third-order valence-corrected chi connectivity index (χ3v) is 11.3. The van der Waals surface area contributed by atoms with Crippen molar-refractivity contribution in [3.63, 3.8) is 0 Å². The lowest BCUT2D eigenvalue weighted by Gasteiger charge is -2.24. The molecule has 1 aliphatic carbocycles. The van der Waals surface area contributed by atoms with Crippen LogP contribution in [0.2, 0.25) is 25.7 Å². The van der Waals surface area contributed by atoms with Gasteiger partial charge in [0.05, 0.1) is 13.2 Å². The SMILES string of the molecule is C[Si](C)(C)CCOC(=O)N[C@@H](Cc1ccccc1)C(=O)N[C@@H](CCCCNC(=O)OCC1c2ccccc2-c2ccccc21)C(=O)Nc1ccc(CO)cc1. The molecule has 0 spiro atoms. The summed E-state index contributed by atoms with van der Waals surface area (Å²) in [6.07, 6.45) is 0.236. The second-order valence-electron chi connectivity index (χ2n) is 15.0. The monoisotopic (exact) mass is 764 g/mol. The van der Waals surface area contributed by atoms with Gasteiger partial charge in [0.2, 0.25) is 11.8 Å². The number of carbonyl (C=O) groups excluding carboxylic acids is 4. The highest BCUT2D eigenvalue weighted by molar-refractivity contribution is 6.76.